The van der Waals surface area contributed by atoms with Gasteiger partial charge in [-0.15, -0.1) is 12.3 Å². The van der Waals surface area contributed by atoms with Crippen LogP contribution in [0.25, 0.3) is 0 Å². The number of rotatable bonds is 3. The fraction of sp³-hybridized carbons (Fsp3) is 0.300. The third kappa shape index (κ3) is 2.08. The molecule has 0 bridgehead atoms. The highest BCUT2D eigenvalue weighted by atomic mass is 16.3. The summed E-state index contributed by atoms with van der Waals surface area (Å²) in [5.41, 5.74) is 1.77. The van der Waals surface area contributed by atoms with Gasteiger partial charge in [-0.05, 0) is 11.6 Å². The molecule has 1 aromatic heterocycles. The van der Waals surface area contributed by atoms with Gasteiger partial charge in [-0.1, -0.05) is 6.07 Å². The Kier molecular flexibility index (Phi) is 3.31. The first kappa shape index (κ1) is 8.76. The summed E-state index contributed by atoms with van der Waals surface area (Å²) < 4.78 is 0. The Bertz CT molecular complexity index is 288. The molecule has 0 saturated carbocycles. The first-order valence-electron chi connectivity index (χ1n) is 3.85. The van der Waals surface area contributed by atoms with E-state index in [0.29, 0.717) is 6.42 Å². The summed E-state index contributed by atoms with van der Waals surface area (Å²) in [4.78, 5) is 4.13. The first-order chi connectivity index (χ1) is 5.88. The molecule has 2 heteroatoms. The number of aromatic nitrogens is 1. The molecule has 0 aromatic carbocycles. The van der Waals surface area contributed by atoms with Crippen LogP contribution in [0.4, 0.5) is 0 Å². The van der Waals surface area contributed by atoms with Crippen LogP contribution in [-0.4, -0.2) is 10.1 Å². The van der Waals surface area contributed by atoms with Gasteiger partial charge in [0.25, 0.3) is 0 Å². The van der Waals surface area contributed by atoms with Crippen LogP contribution >= 0.6 is 0 Å². The molecular weight excluding hydrogens is 150 g/mol. The molecule has 0 spiro atoms. The summed E-state index contributed by atoms with van der Waals surface area (Å²) >= 11 is 0. The summed E-state index contributed by atoms with van der Waals surface area (Å²) in [5.74, 6) is 2.55. The van der Waals surface area contributed by atoms with Crippen molar-refractivity contribution < 1.29 is 5.11 Å². The number of terminal acetylenes is 1. The summed E-state index contributed by atoms with van der Waals surface area (Å²) in [6.07, 6.45) is 8.25. The Morgan fingerprint density at radius 2 is 2.42 bits per heavy atom. The highest BCUT2D eigenvalue weighted by Crippen LogP contribution is 2.06. The third-order valence-electron chi connectivity index (χ3n) is 1.66. The molecule has 0 amide bonds. The average Bonchev–Trinajstić information content (AvgIpc) is 2.15. The van der Waals surface area contributed by atoms with E-state index in [9.17, 15) is 0 Å². The molecular formula is C10H11NO. The zero-order valence-corrected chi connectivity index (χ0v) is 6.83. The fourth-order valence-corrected chi connectivity index (χ4v) is 1.03. The smallest absolute Gasteiger partial charge is 0.0699 e. The van der Waals surface area contributed by atoms with Gasteiger partial charge in [0.1, 0.15) is 0 Å². The molecule has 1 aromatic rings. The SMILES string of the molecule is C#CCCc1ncccc1CO. The zero-order valence-electron chi connectivity index (χ0n) is 6.83. The number of aryl methyl sites for hydroxylation is 1. The van der Waals surface area contributed by atoms with E-state index in [1.807, 2.05) is 12.1 Å². The minimum Gasteiger partial charge on any atom is -0.392 e. The van der Waals surface area contributed by atoms with Crippen molar-refractivity contribution in [1.29, 1.82) is 0 Å². The fourth-order valence-electron chi connectivity index (χ4n) is 1.03. The molecule has 2 nitrogen and oxygen atoms in total. The van der Waals surface area contributed by atoms with Crippen molar-refractivity contribution in [3.63, 3.8) is 0 Å². The van der Waals surface area contributed by atoms with E-state index in [2.05, 4.69) is 10.9 Å². The molecule has 0 unspecified atom stereocenters. The Morgan fingerprint density at radius 1 is 1.58 bits per heavy atom. The Morgan fingerprint density at radius 3 is 3.08 bits per heavy atom. The number of pyridine rings is 1. The minimum absolute atomic E-state index is 0.0355. The van der Waals surface area contributed by atoms with Crippen molar-refractivity contribution in [2.75, 3.05) is 0 Å². The Balaban J connectivity index is 2.76. The summed E-state index contributed by atoms with van der Waals surface area (Å²) in [6, 6.07) is 3.67. The second-order valence-electron chi connectivity index (χ2n) is 2.47. The summed E-state index contributed by atoms with van der Waals surface area (Å²) in [6.45, 7) is 0.0355. The molecule has 0 aliphatic carbocycles. The van der Waals surface area contributed by atoms with Crippen LogP contribution in [0.3, 0.4) is 0 Å². The molecule has 12 heavy (non-hydrogen) atoms. The molecule has 1 heterocycles. The molecule has 62 valence electrons. The van der Waals surface area contributed by atoms with Crippen LogP contribution in [0.1, 0.15) is 17.7 Å². The number of aliphatic hydroxyl groups is 1. The summed E-state index contributed by atoms with van der Waals surface area (Å²) in [5, 5.41) is 8.93. The van der Waals surface area contributed by atoms with Crippen molar-refractivity contribution in [2.24, 2.45) is 0 Å². The molecule has 0 radical (unpaired) electrons. The van der Waals surface area contributed by atoms with Gasteiger partial charge in [0, 0.05) is 24.7 Å². The quantitative estimate of drug-likeness (QED) is 0.674. The van der Waals surface area contributed by atoms with Crippen LogP contribution in [-0.2, 0) is 13.0 Å². The maximum absolute atomic E-state index is 8.93. The van der Waals surface area contributed by atoms with Gasteiger partial charge in [0.15, 0.2) is 0 Å². The van der Waals surface area contributed by atoms with Crippen molar-refractivity contribution in [2.45, 2.75) is 19.4 Å². The van der Waals surface area contributed by atoms with Crippen molar-refractivity contribution >= 4 is 0 Å². The zero-order chi connectivity index (χ0) is 8.81. The highest BCUT2D eigenvalue weighted by molar-refractivity contribution is 5.19. The number of hydrogen-bond acceptors (Lipinski definition) is 2. The van der Waals surface area contributed by atoms with Crippen LogP contribution in [0, 0.1) is 12.3 Å². The number of nitrogens with zero attached hydrogens (tertiary/aromatic N) is 1. The second kappa shape index (κ2) is 4.53. The largest absolute Gasteiger partial charge is 0.392 e. The lowest BCUT2D eigenvalue weighted by Crippen LogP contribution is -1.96. The minimum atomic E-state index is 0.0355. The van der Waals surface area contributed by atoms with Crippen LogP contribution in [0.15, 0.2) is 18.3 Å². The predicted molar refractivity (Wildman–Crippen MR) is 47.3 cm³/mol. The first-order valence-corrected chi connectivity index (χ1v) is 3.85. The molecule has 0 aliphatic heterocycles. The van der Waals surface area contributed by atoms with Crippen LogP contribution in [0.5, 0.6) is 0 Å². The van der Waals surface area contributed by atoms with Gasteiger partial charge in [-0.25, -0.2) is 0 Å². The highest BCUT2D eigenvalue weighted by Gasteiger charge is 1.99. The van der Waals surface area contributed by atoms with Gasteiger partial charge in [-0.2, -0.15) is 0 Å². The average molecular weight is 161 g/mol. The predicted octanol–water partition coefficient (Wildman–Crippen LogP) is 1.14. The normalized spacial score (nSPS) is 9.33. The number of hydrogen-bond donors (Lipinski definition) is 1. The maximum atomic E-state index is 8.93. The molecule has 0 saturated heterocycles. The van der Waals surface area contributed by atoms with Crippen molar-refractivity contribution in [3.05, 3.63) is 29.6 Å². The second-order valence-corrected chi connectivity index (χ2v) is 2.47. The van der Waals surface area contributed by atoms with Crippen molar-refractivity contribution in [1.82, 2.24) is 4.98 Å². The van der Waals surface area contributed by atoms with Crippen LogP contribution in [0.2, 0.25) is 0 Å². The summed E-state index contributed by atoms with van der Waals surface area (Å²) in [7, 11) is 0. The molecule has 1 rings (SSSR count). The Labute approximate surface area is 72.3 Å². The monoisotopic (exact) mass is 161 g/mol. The standard InChI is InChI=1S/C10H11NO/c1-2-3-6-10-9(8-12)5-4-7-11-10/h1,4-5,7,12H,3,6,8H2. The molecule has 1 N–H and O–H groups in total. The van der Waals surface area contributed by atoms with E-state index in [1.54, 1.807) is 6.20 Å². The third-order valence-corrected chi connectivity index (χ3v) is 1.66. The topological polar surface area (TPSA) is 33.1 Å². The van der Waals surface area contributed by atoms with Gasteiger partial charge in [-0.3, -0.25) is 4.98 Å². The van der Waals surface area contributed by atoms with Gasteiger partial charge < -0.3 is 5.11 Å². The van der Waals surface area contributed by atoms with E-state index >= 15 is 0 Å². The van der Waals surface area contributed by atoms with Crippen LogP contribution < -0.4 is 0 Å². The van der Waals surface area contributed by atoms with Gasteiger partial charge in [0.2, 0.25) is 0 Å². The van der Waals surface area contributed by atoms with Crippen molar-refractivity contribution in [3.8, 4) is 12.3 Å². The van der Waals surface area contributed by atoms with E-state index in [1.165, 1.54) is 0 Å². The van der Waals surface area contributed by atoms with E-state index in [-0.39, 0.29) is 6.61 Å². The molecule has 0 aliphatic rings. The van der Waals surface area contributed by atoms with E-state index in [4.69, 9.17) is 11.5 Å². The lowest BCUT2D eigenvalue weighted by Gasteiger charge is -2.02. The number of aliphatic hydroxyl groups excluding tert-OH is 1. The van der Waals surface area contributed by atoms with E-state index < -0.39 is 0 Å². The van der Waals surface area contributed by atoms with Gasteiger partial charge >= 0.3 is 0 Å². The molecule has 0 fully saturated rings. The maximum Gasteiger partial charge on any atom is 0.0699 e. The van der Waals surface area contributed by atoms with Gasteiger partial charge in [0.05, 0.1) is 6.61 Å². The Hall–Kier alpha value is -1.33. The molecule has 0 atom stereocenters. The van der Waals surface area contributed by atoms with E-state index in [0.717, 1.165) is 17.7 Å². The lowest BCUT2D eigenvalue weighted by atomic mass is 10.1. The lowest BCUT2D eigenvalue weighted by molar-refractivity contribution is 0.280.